The van der Waals surface area contributed by atoms with Gasteiger partial charge in [-0.05, 0) is 26.0 Å². The number of carbonyl (C=O) groups is 1. The van der Waals surface area contributed by atoms with E-state index in [9.17, 15) is 18.0 Å². The molecule has 3 rings (SSSR count). The Balaban J connectivity index is 1.86. The second-order valence-electron chi connectivity index (χ2n) is 5.71. The topological polar surface area (TPSA) is 84.7 Å². The lowest BCUT2D eigenvalue weighted by Crippen LogP contribution is -2.14. The van der Waals surface area contributed by atoms with Gasteiger partial charge in [-0.25, -0.2) is 4.98 Å². The smallest absolute Gasteiger partial charge is 0.330 e. The van der Waals surface area contributed by atoms with Gasteiger partial charge >= 0.3 is 6.18 Å². The first-order valence-corrected chi connectivity index (χ1v) is 8.55. The number of aryl methyl sites for hydroxylation is 3. The number of hydrogen-bond acceptors (Lipinski definition) is 6. The molecule has 0 fully saturated rings. The number of hydrogen-bond donors (Lipinski definition) is 2. The average molecular weight is 396 g/mol. The first kappa shape index (κ1) is 18.8. The molecule has 3 heterocycles. The van der Waals surface area contributed by atoms with Crippen LogP contribution in [0.3, 0.4) is 0 Å². The van der Waals surface area contributed by atoms with Crippen LogP contribution in [-0.4, -0.2) is 25.7 Å². The van der Waals surface area contributed by atoms with Crippen LogP contribution in [0.2, 0.25) is 0 Å². The van der Waals surface area contributed by atoms with Gasteiger partial charge in [0, 0.05) is 30.7 Å². The van der Waals surface area contributed by atoms with Gasteiger partial charge < -0.3 is 10.6 Å². The molecule has 3 aromatic heterocycles. The number of rotatable bonds is 4. The maximum Gasteiger partial charge on any atom is 0.435 e. The number of carbonyl (C=O) groups excluding carboxylic acids is 1. The van der Waals surface area contributed by atoms with Gasteiger partial charge in [0.1, 0.15) is 10.8 Å². The number of alkyl halides is 3. The number of pyridine rings is 1. The Morgan fingerprint density at radius 1 is 1.26 bits per heavy atom. The van der Waals surface area contributed by atoms with Crippen molar-refractivity contribution in [3.05, 3.63) is 46.5 Å². The molecule has 0 spiro atoms. The van der Waals surface area contributed by atoms with Crippen LogP contribution in [0.25, 0.3) is 0 Å². The number of amides is 1. The van der Waals surface area contributed by atoms with Crippen molar-refractivity contribution in [1.82, 2.24) is 19.7 Å². The van der Waals surface area contributed by atoms with Crippen molar-refractivity contribution < 1.29 is 18.0 Å². The molecule has 0 saturated heterocycles. The van der Waals surface area contributed by atoms with E-state index in [1.165, 1.54) is 7.05 Å². The fraction of sp³-hybridized carbons (Fsp3) is 0.250. The molecule has 7 nitrogen and oxygen atoms in total. The van der Waals surface area contributed by atoms with Crippen molar-refractivity contribution in [2.24, 2.45) is 7.05 Å². The Morgan fingerprint density at radius 2 is 2.00 bits per heavy atom. The van der Waals surface area contributed by atoms with E-state index in [4.69, 9.17) is 0 Å². The van der Waals surface area contributed by atoms with Gasteiger partial charge in [0.2, 0.25) is 0 Å². The van der Waals surface area contributed by atoms with Gasteiger partial charge in [0.05, 0.1) is 5.01 Å². The summed E-state index contributed by atoms with van der Waals surface area (Å²) in [4.78, 5) is 20.8. The zero-order chi connectivity index (χ0) is 19.8. The molecule has 0 aliphatic heterocycles. The summed E-state index contributed by atoms with van der Waals surface area (Å²) in [5.74, 6) is -0.384. The highest BCUT2D eigenvalue weighted by molar-refractivity contribution is 7.16. The Morgan fingerprint density at radius 3 is 2.63 bits per heavy atom. The standard InChI is InChI=1S/C16H15F3N6OS/c1-8-6-10(4-5-20-8)22-14(26)13-15(27-9(2)21-13)23-12-7-11(16(17,18)19)24-25(12)3/h4-7,23H,1-3H3,(H,20,22,26). The van der Waals surface area contributed by atoms with E-state index < -0.39 is 17.8 Å². The summed E-state index contributed by atoms with van der Waals surface area (Å²) < 4.78 is 39.5. The molecular weight excluding hydrogens is 381 g/mol. The van der Waals surface area contributed by atoms with E-state index in [-0.39, 0.29) is 11.5 Å². The number of anilines is 3. The molecule has 2 N–H and O–H groups in total. The van der Waals surface area contributed by atoms with Crippen molar-refractivity contribution in [1.29, 1.82) is 0 Å². The molecule has 0 unspecified atom stereocenters. The quantitative estimate of drug-likeness (QED) is 0.699. The third-order valence-corrected chi connectivity index (χ3v) is 4.40. The van der Waals surface area contributed by atoms with E-state index in [2.05, 4.69) is 25.7 Å². The van der Waals surface area contributed by atoms with Crippen LogP contribution >= 0.6 is 11.3 Å². The van der Waals surface area contributed by atoms with Crippen LogP contribution < -0.4 is 10.6 Å². The Kier molecular flexibility index (Phi) is 4.87. The molecule has 0 aromatic carbocycles. The minimum atomic E-state index is -4.55. The van der Waals surface area contributed by atoms with E-state index in [0.29, 0.717) is 15.7 Å². The van der Waals surface area contributed by atoms with Gasteiger partial charge in [-0.3, -0.25) is 14.5 Å². The predicted molar refractivity (Wildman–Crippen MR) is 95.3 cm³/mol. The summed E-state index contributed by atoms with van der Waals surface area (Å²) >= 11 is 1.16. The van der Waals surface area contributed by atoms with Crippen LogP contribution in [0.1, 0.15) is 26.9 Å². The second kappa shape index (κ2) is 6.99. The molecule has 3 aromatic rings. The number of nitrogens with zero attached hydrogens (tertiary/aromatic N) is 4. The fourth-order valence-corrected chi connectivity index (χ4v) is 3.14. The minimum absolute atomic E-state index is 0.0849. The number of halogens is 3. The van der Waals surface area contributed by atoms with Gasteiger partial charge in [0.25, 0.3) is 5.91 Å². The first-order chi connectivity index (χ1) is 12.6. The Hall–Kier alpha value is -2.95. The van der Waals surface area contributed by atoms with Crippen LogP contribution in [0.5, 0.6) is 0 Å². The largest absolute Gasteiger partial charge is 0.435 e. The van der Waals surface area contributed by atoms with Crippen molar-refractivity contribution in [2.75, 3.05) is 10.6 Å². The number of thiazole rings is 1. The molecule has 0 atom stereocenters. The van der Waals surface area contributed by atoms with E-state index >= 15 is 0 Å². The van der Waals surface area contributed by atoms with Crippen LogP contribution in [-0.2, 0) is 13.2 Å². The zero-order valence-corrected chi connectivity index (χ0v) is 15.4. The third-order valence-electron chi connectivity index (χ3n) is 3.52. The highest BCUT2D eigenvalue weighted by Crippen LogP contribution is 2.33. The highest BCUT2D eigenvalue weighted by atomic mass is 32.1. The number of aromatic nitrogens is 4. The Labute approximate surface area is 156 Å². The summed E-state index contributed by atoms with van der Waals surface area (Å²) in [5.41, 5.74) is 0.341. The molecule has 0 radical (unpaired) electrons. The van der Waals surface area contributed by atoms with Crippen molar-refractivity contribution in [3.63, 3.8) is 0 Å². The summed E-state index contributed by atoms with van der Waals surface area (Å²) in [7, 11) is 1.38. The Bertz CT molecular complexity index is 994. The highest BCUT2D eigenvalue weighted by Gasteiger charge is 2.34. The zero-order valence-electron chi connectivity index (χ0n) is 14.5. The van der Waals surface area contributed by atoms with Crippen molar-refractivity contribution in [2.45, 2.75) is 20.0 Å². The van der Waals surface area contributed by atoms with Crippen molar-refractivity contribution >= 4 is 33.8 Å². The maximum atomic E-state index is 12.8. The minimum Gasteiger partial charge on any atom is -0.330 e. The molecule has 27 heavy (non-hydrogen) atoms. The lowest BCUT2D eigenvalue weighted by Gasteiger charge is -2.07. The van der Waals surface area contributed by atoms with Crippen molar-refractivity contribution in [3.8, 4) is 0 Å². The average Bonchev–Trinajstić information content (AvgIpc) is 3.11. The van der Waals surface area contributed by atoms with Gasteiger partial charge in [-0.15, -0.1) is 11.3 Å². The molecule has 142 valence electrons. The molecular formula is C16H15F3N6OS. The lowest BCUT2D eigenvalue weighted by molar-refractivity contribution is -0.141. The summed E-state index contributed by atoms with van der Waals surface area (Å²) in [6.07, 6.45) is -2.99. The molecule has 0 aliphatic rings. The van der Waals surface area contributed by atoms with E-state index in [1.807, 2.05) is 0 Å². The fourth-order valence-electron chi connectivity index (χ4n) is 2.32. The third kappa shape index (κ3) is 4.25. The van der Waals surface area contributed by atoms with Crippen LogP contribution in [0, 0.1) is 13.8 Å². The van der Waals surface area contributed by atoms with Crippen LogP contribution in [0.4, 0.5) is 29.7 Å². The van der Waals surface area contributed by atoms with Gasteiger partial charge in [-0.2, -0.15) is 18.3 Å². The first-order valence-electron chi connectivity index (χ1n) is 7.73. The molecule has 0 aliphatic carbocycles. The normalized spacial score (nSPS) is 11.5. The second-order valence-corrected chi connectivity index (χ2v) is 6.92. The summed E-state index contributed by atoms with van der Waals surface area (Å²) in [6.45, 7) is 3.49. The SMILES string of the molecule is Cc1cc(NC(=O)c2nc(C)sc2Nc2cc(C(F)(F)F)nn2C)ccn1. The molecule has 0 saturated carbocycles. The van der Waals surface area contributed by atoms with E-state index in [1.54, 1.807) is 32.2 Å². The van der Waals surface area contributed by atoms with Crippen LogP contribution in [0.15, 0.2) is 24.4 Å². The predicted octanol–water partition coefficient (Wildman–Crippen LogP) is 3.90. The lowest BCUT2D eigenvalue weighted by atomic mass is 10.3. The monoisotopic (exact) mass is 396 g/mol. The van der Waals surface area contributed by atoms with Gasteiger partial charge in [-0.1, -0.05) is 0 Å². The van der Waals surface area contributed by atoms with E-state index in [0.717, 1.165) is 27.8 Å². The summed E-state index contributed by atoms with van der Waals surface area (Å²) in [5, 5.41) is 9.88. The number of nitrogens with one attached hydrogen (secondary N) is 2. The molecule has 11 heteroatoms. The maximum absolute atomic E-state index is 12.8. The summed E-state index contributed by atoms with van der Waals surface area (Å²) in [6, 6.07) is 4.21. The molecule has 1 amide bonds. The molecule has 0 bridgehead atoms. The van der Waals surface area contributed by atoms with Gasteiger partial charge in [0.15, 0.2) is 11.4 Å².